The summed E-state index contributed by atoms with van der Waals surface area (Å²) in [5.74, 6) is -13.8. The Morgan fingerprint density at radius 1 is 0.597 bits per heavy atom. The van der Waals surface area contributed by atoms with Crippen LogP contribution in [0.15, 0.2) is 28.8 Å². The molecule has 810 valence electrons. The number of phosphoric ester groups is 3. The lowest BCUT2D eigenvalue weighted by Crippen LogP contribution is -2.61. The zero-order valence-corrected chi connectivity index (χ0v) is 83.7. The number of aromatic nitrogens is 7. The molecule has 0 saturated carbocycles. The van der Waals surface area contributed by atoms with Crippen molar-refractivity contribution in [3.8, 4) is 0 Å². The third kappa shape index (κ3) is 43.4. The summed E-state index contributed by atoms with van der Waals surface area (Å²) in [6.07, 6.45) is -4.34. The molecule has 2 aliphatic heterocycles. The summed E-state index contributed by atoms with van der Waals surface area (Å²) in [6, 6.07) is -14.8. The van der Waals surface area contributed by atoms with E-state index in [1.165, 1.54) is 59.9 Å². The van der Waals surface area contributed by atoms with Gasteiger partial charge in [-0.2, -0.15) is 16.1 Å². The number of carbonyl (C=O) groups is 15. The molecule has 0 radical (unpaired) electrons. The minimum Gasteiger partial charge on any atom is -0.391 e. The monoisotopic (exact) mass is 2130 g/mol. The van der Waals surface area contributed by atoms with Gasteiger partial charge in [-0.3, -0.25) is 105 Å². The van der Waals surface area contributed by atoms with Gasteiger partial charge in [-0.15, -0.1) is 5.10 Å². The number of fused-ring (bicyclic) bond motifs is 1. The molecule has 18 atom stereocenters. The Bertz CT molecular complexity index is 5030. The molecule has 2 fully saturated rings. The molecule has 37 N–H and O–H groups in total. The first-order chi connectivity index (χ1) is 67.7. The van der Waals surface area contributed by atoms with Crippen molar-refractivity contribution in [2.45, 2.75) is 254 Å². The number of guanidine groups is 2. The number of unbranched alkanes of at least 4 members (excludes halogenated alkanes) is 3. The zero-order chi connectivity index (χ0) is 108. The average molecular weight is 2130 g/mol. The van der Waals surface area contributed by atoms with Crippen molar-refractivity contribution < 1.29 is 148 Å². The van der Waals surface area contributed by atoms with Crippen molar-refractivity contribution in [1.29, 1.82) is 0 Å². The molecular weight excluding hydrogens is 1990 g/mol. The predicted octanol–water partition coefficient (Wildman–Crippen LogP) is -11.0. The van der Waals surface area contributed by atoms with Crippen molar-refractivity contribution in [2.24, 2.45) is 55.5 Å². The van der Waals surface area contributed by atoms with Crippen molar-refractivity contribution >= 4 is 153 Å². The summed E-state index contributed by atoms with van der Waals surface area (Å²) in [5, 5.41) is 82.8. The molecule has 2 saturated heterocycles. The van der Waals surface area contributed by atoms with Crippen LogP contribution < -0.4 is 115 Å². The van der Waals surface area contributed by atoms with E-state index in [2.05, 4.69) is 113 Å². The number of aryl methyl sites for hydroxylation is 1. The molecule has 144 heavy (non-hydrogen) atoms. The van der Waals surface area contributed by atoms with Crippen LogP contribution in [-0.4, -0.2) is 355 Å². The number of rotatable bonds is 67. The van der Waals surface area contributed by atoms with E-state index in [-0.39, 0.29) is 158 Å². The van der Waals surface area contributed by atoms with Crippen LogP contribution in [0.1, 0.15) is 156 Å². The molecule has 62 nitrogen and oxygen atoms in total. The summed E-state index contributed by atoms with van der Waals surface area (Å²) >= 11 is 1.35. The summed E-state index contributed by atoms with van der Waals surface area (Å²) in [4.78, 5) is 264. The van der Waals surface area contributed by atoms with Gasteiger partial charge in [0.1, 0.15) is 96.7 Å². The molecule has 5 heterocycles. The van der Waals surface area contributed by atoms with Crippen molar-refractivity contribution in [3.63, 3.8) is 0 Å². The van der Waals surface area contributed by atoms with Crippen LogP contribution >= 0.6 is 35.2 Å². The lowest BCUT2D eigenvalue weighted by atomic mass is 9.87. The third-order valence-corrected chi connectivity index (χ3v) is 25.8. The number of nitrogen functional groups attached to an aromatic ring is 1. The second-order valence-corrected chi connectivity index (χ2v) is 39.6. The zero-order valence-electron chi connectivity index (χ0n) is 80.2. The summed E-state index contributed by atoms with van der Waals surface area (Å²) in [7, 11) is -16.5. The molecule has 3 aromatic heterocycles. The van der Waals surface area contributed by atoms with E-state index in [9.17, 15) is 126 Å². The number of nitrogens with two attached hydrogens (primary N) is 8. The van der Waals surface area contributed by atoms with Gasteiger partial charge in [0.15, 0.2) is 29.6 Å². The Kier molecular flexibility index (Phi) is 51.6. The molecule has 2 aliphatic rings. The molecule has 2 unspecified atom stereocenters. The SMILES string of the molecule is CC(=O)N[C@@H](C)C(=O)N[C@@H](CCCN=C(N)N)C(=O)N[C@@H](CCCCN)C(=O)N[C@@H](COP(=O)(O)O)C(=O)N[C@H](C(=O)NCC(=O)NCC(=O)N[C@@H](CCCCn1cc(CSCCNC(=O)CCNC(=O)[C@@H](O)C(C)(C)COP(=O)(O)OP(=O)(O)OC[C@@H]2O[C@@H](n3cnc4c(N)ncnc43)[C@H](O)[C@@H]2O)nn1)C(=O)N[C@@H](C)C(=O)N1CCC[C@H]1C(=O)N[C@@H](CCCN=C(N)N)C(=O)N[C@@H](CCCCN)C(N)=O)[C@@H](C)O. The Labute approximate surface area is 829 Å². The minimum atomic E-state index is -5.52. The molecule has 0 aromatic carbocycles. The maximum Gasteiger partial charge on any atom is 0.481 e. The summed E-state index contributed by atoms with van der Waals surface area (Å²) in [6.45, 7) is 2.69. The predicted molar refractivity (Wildman–Crippen MR) is 508 cm³/mol. The maximum absolute atomic E-state index is 14.4. The Hall–Kier alpha value is -11.5. The number of thioether (sulfide) groups is 1. The molecule has 66 heteroatoms. The highest BCUT2D eigenvalue weighted by Gasteiger charge is 2.48. The van der Waals surface area contributed by atoms with Gasteiger partial charge in [0.25, 0.3) is 0 Å². The smallest absolute Gasteiger partial charge is 0.391 e. The van der Waals surface area contributed by atoms with Crippen molar-refractivity contribution in [3.05, 3.63) is 24.5 Å². The number of phosphoric acid groups is 3. The minimum absolute atomic E-state index is 0.000224. The first kappa shape index (κ1) is 123. The van der Waals surface area contributed by atoms with Crippen molar-refractivity contribution in [1.82, 2.24) is 109 Å². The Morgan fingerprint density at radius 3 is 1.75 bits per heavy atom. The number of likely N-dealkylation sites (tertiary alicyclic amines) is 1. The van der Waals surface area contributed by atoms with Gasteiger partial charge in [0.05, 0.1) is 51.0 Å². The Morgan fingerprint density at radius 2 is 1.15 bits per heavy atom. The summed E-state index contributed by atoms with van der Waals surface area (Å²) in [5.41, 5.74) is 43.7. The van der Waals surface area contributed by atoms with E-state index in [0.717, 1.165) is 20.2 Å². The van der Waals surface area contributed by atoms with E-state index in [4.69, 9.17) is 59.7 Å². The molecule has 0 spiro atoms. The summed E-state index contributed by atoms with van der Waals surface area (Å²) < 4.78 is 64.5. The lowest BCUT2D eigenvalue weighted by molar-refractivity contribution is -0.142. The van der Waals surface area contributed by atoms with Crippen LogP contribution in [0.3, 0.4) is 0 Å². The van der Waals surface area contributed by atoms with E-state index in [1.807, 2.05) is 0 Å². The number of aliphatic imine (C=N–C) groups is 2. The number of amides is 15. The highest BCUT2D eigenvalue weighted by molar-refractivity contribution is 7.98. The number of imidazole rings is 1. The van der Waals surface area contributed by atoms with Crippen LogP contribution in [0.2, 0.25) is 0 Å². The fraction of sp³-hybridized carbons (Fsp3) is 0.692. The number of aliphatic hydroxyl groups excluding tert-OH is 4. The van der Waals surface area contributed by atoms with Crippen molar-refractivity contribution in [2.75, 3.05) is 90.2 Å². The van der Waals surface area contributed by atoms with Crippen LogP contribution in [0.4, 0.5) is 5.82 Å². The quantitative estimate of drug-likeness (QED) is 0.0108. The van der Waals surface area contributed by atoms with Crippen LogP contribution in [0, 0.1) is 5.41 Å². The Balaban J connectivity index is 1.19. The first-order valence-corrected chi connectivity index (χ1v) is 51.4. The normalized spacial score (nSPS) is 18.4. The first-order valence-electron chi connectivity index (χ1n) is 45.7. The highest BCUT2D eigenvalue weighted by atomic mass is 32.2. The van der Waals surface area contributed by atoms with E-state index in [0.29, 0.717) is 43.0 Å². The topological polar surface area (TPSA) is 982 Å². The molecule has 0 aliphatic carbocycles. The number of nitrogens with zero attached hydrogens (tertiary/aromatic N) is 10. The van der Waals surface area contributed by atoms with Gasteiger partial charge in [0.2, 0.25) is 88.6 Å². The molecular formula is C78H136N31O31P3S. The van der Waals surface area contributed by atoms with Gasteiger partial charge >= 0.3 is 23.5 Å². The number of ether oxygens (including phenoxy) is 1. The van der Waals surface area contributed by atoms with Gasteiger partial charge in [-0.25, -0.2) is 28.6 Å². The van der Waals surface area contributed by atoms with Gasteiger partial charge in [-0.05, 0) is 130 Å². The number of anilines is 1. The van der Waals surface area contributed by atoms with Gasteiger partial charge in [0, 0.05) is 75.7 Å². The number of hydrogen-bond donors (Lipinski definition) is 29. The van der Waals surface area contributed by atoms with Crippen LogP contribution in [0.25, 0.3) is 11.2 Å². The lowest BCUT2D eigenvalue weighted by Gasteiger charge is -2.30. The number of aliphatic hydroxyl groups is 4. The van der Waals surface area contributed by atoms with Gasteiger partial charge < -0.3 is 165 Å². The van der Waals surface area contributed by atoms with E-state index >= 15 is 0 Å². The number of nitrogens with one attached hydrogen (secondary N) is 13. The fourth-order valence-electron chi connectivity index (χ4n) is 14.1. The van der Waals surface area contributed by atoms with E-state index < -0.39 is 248 Å². The molecule has 15 amide bonds. The number of primary amides is 1. The molecule has 3 aromatic rings. The highest BCUT2D eigenvalue weighted by Crippen LogP contribution is 2.61. The van der Waals surface area contributed by atoms with Gasteiger partial charge in [-0.1, -0.05) is 19.1 Å². The van der Waals surface area contributed by atoms with Crippen LogP contribution in [0.5, 0.6) is 0 Å². The number of carbonyl (C=O) groups excluding carboxylic acids is 15. The van der Waals surface area contributed by atoms with Crippen LogP contribution in [-0.2, 0) is 121 Å². The molecule has 0 bridgehead atoms. The average Bonchev–Trinajstić information content (AvgIpc) is 1.62. The third-order valence-electron chi connectivity index (χ3n) is 21.7. The maximum atomic E-state index is 14.4. The number of hydrogen-bond acceptors (Lipinski definition) is 38. The fourth-order valence-corrected chi connectivity index (χ4v) is 17.4. The van der Waals surface area contributed by atoms with E-state index in [1.54, 1.807) is 6.20 Å². The standard InChI is InChI=1S/C78H136N31O31P3S/c1-41(96-44(4)111)65(119)100-49(19-13-25-89-76(83)84)68(122)101-48(17-8-11-24-80)69(123)103-51(35-136-141(129,130)131)70(124)104-57(43(3)110)72(126)92-32-55(113)91-33-56(114)98-47(66(120)97-42(2)74(128)108-30-15-21-52(108)71(125)102-50(20-14-26-90-77(85)86)67(121)99-46(63(82)118)16-7-10-23-79)18-9-12-29-107-34-45(105-106-107)37-144-31-28-87-54(112)22-27-88-73(127)61(117)78(5,6)38-138-143(134,135)140-142(132,133)137-36-53-59(115)60(116)75(139-53)109-40-95-58-62(81)93-39-94-64(58)109/h34,39-43,46-53,57,59-61,75,110,115-117H,7-33,35-38,79-80H2,1-6H3,(H2,82,118)(H,87,112)(H,88,127)(H,91,113)(H,92,126)(H,96,111)(H,97,120)(H,98,114)(H,99,121)(H,100,119)(H,101,122)(H,102,125)(H,103,123)(H,104,124)(H,132,133)(H,134,135)(H2,81,93,94)(H4,83,84,89)(H4,85,86,90)(H2,129,130,131)/t41-,42-,43+,46-,47-,48-,49-,50-,51-,52-,53-,57-,59+,60+,61+,75+/m0/s1. The molecule has 5 rings (SSSR count). The second-order valence-electron chi connectivity index (χ2n) is 34.2. The largest absolute Gasteiger partial charge is 0.481 e. The second kappa shape index (κ2) is 60.4.